The first-order chi connectivity index (χ1) is 18.1. The quantitative estimate of drug-likeness (QED) is 0.282. The van der Waals surface area contributed by atoms with Gasteiger partial charge < -0.3 is 25.6 Å². The van der Waals surface area contributed by atoms with Gasteiger partial charge in [-0.3, -0.25) is 9.63 Å². The standard InChI is InChI=1S/C29H43N3O6/c1-19(2)25(28(36)37-5)31-27(35)26-24(20(3)34)23(18-33)38-32(26)17-22-11-9-10-21(16-22)12-15-29(30-4)13-7-6-8-14-29/h9-11,16,19-20,23-26,30,33-34H,6-8,13-14,17-18H2,1-5H3,(H,31,35)/t20-,23-,24+,25-,26-/m0/s1. The van der Waals surface area contributed by atoms with Crippen LogP contribution in [0.5, 0.6) is 0 Å². The monoisotopic (exact) mass is 529 g/mol. The van der Waals surface area contributed by atoms with Gasteiger partial charge in [-0.1, -0.05) is 57.1 Å². The lowest BCUT2D eigenvalue weighted by molar-refractivity contribution is -0.182. The molecule has 5 atom stereocenters. The molecule has 0 radical (unpaired) electrons. The Hall–Kier alpha value is -2.48. The Labute approximate surface area is 226 Å². The van der Waals surface area contributed by atoms with Crippen LogP contribution in [0.4, 0.5) is 0 Å². The van der Waals surface area contributed by atoms with Crippen LogP contribution < -0.4 is 10.6 Å². The second-order valence-corrected chi connectivity index (χ2v) is 10.8. The van der Waals surface area contributed by atoms with Crippen molar-refractivity contribution in [2.24, 2.45) is 11.8 Å². The fraction of sp³-hybridized carbons (Fsp3) is 0.655. The highest BCUT2D eigenvalue weighted by atomic mass is 16.7. The lowest BCUT2D eigenvalue weighted by atomic mass is 9.82. The van der Waals surface area contributed by atoms with Gasteiger partial charge >= 0.3 is 5.97 Å². The molecule has 1 aliphatic carbocycles. The summed E-state index contributed by atoms with van der Waals surface area (Å²) in [6.07, 6.45) is 3.91. The van der Waals surface area contributed by atoms with E-state index in [1.54, 1.807) is 6.92 Å². The van der Waals surface area contributed by atoms with Crippen LogP contribution in [0.2, 0.25) is 0 Å². The van der Waals surface area contributed by atoms with Gasteiger partial charge in [0.15, 0.2) is 0 Å². The Balaban J connectivity index is 1.85. The Morgan fingerprint density at radius 3 is 2.53 bits per heavy atom. The topological polar surface area (TPSA) is 120 Å². The molecule has 1 saturated heterocycles. The molecule has 0 bridgehead atoms. The molecule has 4 N–H and O–H groups in total. The molecular weight excluding hydrogens is 486 g/mol. The number of hydrogen-bond donors (Lipinski definition) is 4. The number of carbonyl (C=O) groups is 2. The molecule has 0 aromatic heterocycles. The fourth-order valence-corrected chi connectivity index (χ4v) is 5.45. The second kappa shape index (κ2) is 13.5. The maximum atomic E-state index is 13.5. The third kappa shape index (κ3) is 7.13. The summed E-state index contributed by atoms with van der Waals surface area (Å²) in [7, 11) is 3.24. The Kier molecular flexibility index (Phi) is 10.7. The van der Waals surface area contributed by atoms with E-state index in [0.29, 0.717) is 0 Å². The van der Waals surface area contributed by atoms with Crippen molar-refractivity contribution in [2.45, 2.75) is 89.3 Å². The van der Waals surface area contributed by atoms with Crippen LogP contribution in [-0.2, 0) is 25.7 Å². The number of hydrogen-bond acceptors (Lipinski definition) is 8. The van der Waals surface area contributed by atoms with Gasteiger partial charge in [0, 0.05) is 11.5 Å². The molecule has 1 heterocycles. The molecule has 1 aromatic carbocycles. The second-order valence-electron chi connectivity index (χ2n) is 10.8. The van der Waals surface area contributed by atoms with Crippen molar-refractivity contribution in [3.05, 3.63) is 35.4 Å². The van der Waals surface area contributed by atoms with Gasteiger partial charge in [0.05, 0.1) is 31.9 Å². The van der Waals surface area contributed by atoms with Crippen molar-refractivity contribution < 1.29 is 29.4 Å². The predicted octanol–water partition coefficient (Wildman–Crippen LogP) is 1.75. The zero-order chi connectivity index (χ0) is 27.9. The van der Waals surface area contributed by atoms with Gasteiger partial charge in [0.1, 0.15) is 18.2 Å². The molecule has 0 spiro atoms. The molecule has 210 valence electrons. The molecule has 2 aliphatic rings. The van der Waals surface area contributed by atoms with Crippen molar-refractivity contribution in [1.82, 2.24) is 15.7 Å². The summed E-state index contributed by atoms with van der Waals surface area (Å²) in [5, 5.41) is 28.2. The number of hydroxylamine groups is 2. The van der Waals surface area contributed by atoms with Gasteiger partial charge in [-0.25, -0.2) is 4.79 Å². The highest BCUT2D eigenvalue weighted by Gasteiger charge is 2.50. The highest BCUT2D eigenvalue weighted by molar-refractivity contribution is 5.88. The van der Waals surface area contributed by atoms with Crippen LogP contribution in [0.3, 0.4) is 0 Å². The summed E-state index contributed by atoms with van der Waals surface area (Å²) >= 11 is 0. The lowest BCUT2D eigenvalue weighted by Gasteiger charge is -2.32. The summed E-state index contributed by atoms with van der Waals surface area (Å²) in [6, 6.07) is 5.98. The number of esters is 1. The minimum Gasteiger partial charge on any atom is -0.467 e. The number of carbonyl (C=O) groups excluding carboxylic acids is 2. The molecule has 38 heavy (non-hydrogen) atoms. The first kappa shape index (κ1) is 30.1. The Morgan fingerprint density at radius 2 is 1.95 bits per heavy atom. The number of ether oxygens (including phenoxy) is 1. The highest BCUT2D eigenvalue weighted by Crippen LogP contribution is 2.32. The smallest absolute Gasteiger partial charge is 0.328 e. The third-order valence-corrected chi connectivity index (χ3v) is 7.70. The molecule has 1 aromatic rings. The molecule has 1 saturated carbocycles. The molecule has 9 heteroatoms. The number of aliphatic hydroxyl groups excluding tert-OH is 2. The molecule has 3 rings (SSSR count). The minimum absolute atomic E-state index is 0.166. The molecular formula is C29H43N3O6. The first-order valence-corrected chi connectivity index (χ1v) is 13.6. The zero-order valence-electron chi connectivity index (χ0n) is 23.2. The summed E-state index contributed by atoms with van der Waals surface area (Å²) in [6.45, 7) is 5.06. The molecule has 1 amide bonds. The van der Waals surface area contributed by atoms with Crippen LogP contribution in [0.25, 0.3) is 0 Å². The molecule has 2 fully saturated rings. The summed E-state index contributed by atoms with van der Waals surface area (Å²) in [4.78, 5) is 31.8. The predicted molar refractivity (Wildman–Crippen MR) is 143 cm³/mol. The van der Waals surface area contributed by atoms with Crippen LogP contribution in [0.1, 0.15) is 64.0 Å². The van der Waals surface area contributed by atoms with Gasteiger partial charge in [0.25, 0.3) is 0 Å². The van der Waals surface area contributed by atoms with Gasteiger partial charge in [-0.05, 0) is 50.4 Å². The van der Waals surface area contributed by atoms with Gasteiger partial charge in [0.2, 0.25) is 5.91 Å². The fourth-order valence-electron chi connectivity index (χ4n) is 5.45. The number of rotatable bonds is 9. The van der Waals surface area contributed by atoms with Crippen molar-refractivity contribution in [3.8, 4) is 11.8 Å². The van der Waals surface area contributed by atoms with Gasteiger partial charge in [-0.2, -0.15) is 5.06 Å². The maximum Gasteiger partial charge on any atom is 0.328 e. The van der Waals surface area contributed by atoms with E-state index >= 15 is 0 Å². The van der Waals surface area contributed by atoms with E-state index in [9.17, 15) is 19.8 Å². The van der Waals surface area contributed by atoms with E-state index in [2.05, 4.69) is 22.5 Å². The van der Waals surface area contributed by atoms with Crippen LogP contribution in [0.15, 0.2) is 24.3 Å². The SMILES string of the molecule is CNC1(C#Cc2cccc(CN3O[C@@H](CO)[C@@H]([C@H](C)O)[C@H]3C(=O)N[C@H](C(=O)OC)C(C)C)c2)CCCCC1. The van der Waals surface area contributed by atoms with E-state index in [0.717, 1.165) is 36.8 Å². The molecule has 0 unspecified atom stereocenters. The Morgan fingerprint density at radius 1 is 1.24 bits per heavy atom. The average Bonchev–Trinajstić information content (AvgIpc) is 3.29. The lowest BCUT2D eigenvalue weighted by Crippen LogP contribution is -2.54. The third-order valence-electron chi connectivity index (χ3n) is 7.70. The minimum atomic E-state index is -0.936. The number of amides is 1. The van der Waals surface area contributed by atoms with E-state index in [1.807, 2.05) is 45.2 Å². The van der Waals surface area contributed by atoms with E-state index < -0.39 is 42.1 Å². The van der Waals surface area contributed by atoms with Crippen LogP contribution in [-0.4, -0.2) is 77.7 Å². The first-order valence-electron chi connectivity index (χ1n) is 13.6. The van der Waals surface area contributed by atoms with Crippen molar-refractivity contribution in [3.63, 3.8) is 0 Å². The normalized spacial score (nSPS) is 24.8. The zero-order valence-corrected chi connectivity index (χ0v) is 23.2. The number of aliphatic hydroxyl groups is 2. The Bertz CT molecular complexity index is 1010. The van der Waals surface area contributed by atoms with E-state index in [4.69, 9.17) is 9.57 Å². The maximum absolute atomic E-state index is 13.5. The molecule has 9 nitrogen and oxygen atoms in total. The summed E-state index contributed by atoms with van der Waals surface area (Å²) in [5.74, 6) is 4.86. The van der Waals surface area contributed by atoms with E-state index in [-0.39, 0.29) is 24.6 Å². The summed E-state index contributed by atoms with van der Waals surface area (Å²) < 4.78 is 4.87. The summed E-state index contributed by atoms with van der Waals surface area (Å²) in [5.41, 5.74) is 1.56. The van der Waals surface area contributed by atoms with Crippen LogP contribution in [0, 0.1) is 23.7 Å². The molecule has 1 aliphatic heterocycles. The van der Waals surface area contributed by atoms with Crippen molar-refractivity contribution >= 4 is 11.9 Å². The van der Waals surface area contributed by atoms with Crippen molar-refractivity contribution in [1.29, 1.82) is 0 Å². The van der Waals surface area contributed by atoms with Crippen LogP contribution >= 0.6 is 0 Å². The number of nitrogens with zero attached hydrogens (tertiary/aromatic N) is 1. The van der Waals surface area contributed by atoms with Crippen molar-refractivity contribution in [2.75, 3.05) is 20.8 Å². The largest absolute Gasteiger partial charge is 0.467 e. The van der Waals surface area contributed by atoms with E-state index in [1.165, 1.54) is 18.6 Å². The van der Waals surface area contributed by atoms with Gasteiger partial charge in [-0.15, -0.1) is 0 Å². The number of nitrogens with one attached hydrogen (secondary N) is 2. The number of benzene rings is 1. The number of methoxy groups -OCH3 is 1. The average molecular weight is 530 g/mol.